The summed E-state index contributed by atoms with van der Waals surface area (Å²) in [7, 11) is 0. The van der Waals surface area contributed by atoms with E-state index in [2.05, 4.69) is 21.2 Å². The molecule has 2 amide bonds. The van der Waals surface area contributed by atoms with Crippen molar-refractivity contribution >= 4 is 27.7 Å². The molecule has 0 aliphatic rings. The number of hydrogen-bond acceptors (Lipinski definition) is 3. The number of rotatable bonds is 9. The second-order valence-corrected chi connectivity index (χ2v) is 8.48. The van der Waals surface area contributed by atoms with Gasteiger partial charge in [0.1, 0.15) is 17.6 Å². The Morgan fingerprint density at radius 1 is 1.17 bits per heavy atom. The van der Waals surface area contributed by atoms with Crippen LogP contribution in [0.1, 0.15) is 31.9 Å². The van der Waals surface area contributed by atoms with Gasteiger partial charge in [0.15, 0.2) is 6.61 Å². The summed E-state index contributed by atoms with van der Waals surface area (Å²) in [5, 5.41) is 2.83. The Hall–Kier alpha value is -2.41. The zero-order valence-corrected chi connectivity index (χ0v) is 19.3. The third-order valence-electron chi connectivity index (χ3n) is 4.64. The minimum atomic E-state index is -0.772. The van der Waals surface area contributed by atoms with E-state index in [1.807, 2.05) is 32.9 Å². The van der Waals surface area contributed by atoms with Crippen LogP contribution in [-0.2, 0) is 16.1 Å². The molecular formula is C23H28BrFN2O3. The summed E-state index contributed by atoms with van der Waals surface area (Å²) in [6.45, 7) is 7.76. The van der Waals surface area contributed by atoms with Crippen molar-refractivity contribution in [3.8, 4) is 5.75 Å². The summed E-state index contributed by atoms with van der Waals surface area (Å²) in [6, 6.07) is 10.9. The number of amides is 2. The van der Waals surface area contributed by atoms with Crippen LogP contribution in [0.2, 0.25) is 0 Å². The van der Waals surface area contributed by atoms with Gasteiger partial charge in [-0.05, 0) is 49.6 Å². The van der Waals surface area contributed by atoms with Gasteiger partial charge in [0.25, 0.3) is 5.91 Å². The highest BCUT2D eigenvalue weighted by molar-refractivity contribution is 9.10. The van der Waals surface area contributed by atoms with Gasteiger partial charge in [-0.1, -0.05) is 48.0 Å². The number of ether oxygens (including phenoxy) is 1. The van der Waals surface area contributed by atoms with Crippen LogP contribution in [0.4, 0.5) is 4.39 Å². The van der Waals surface area contributed by atoms with Gasteiger partial charge in [-0.3, -0.25) is 9.59 Å². The molecule has 2 rings (SSSR count). The van der Waals surface area contributed by atoms with E-state index in [1.54, 1.807) is 31.2 Å². The van der Waals surface area contributed by atoms with E-state index < -0.39 is 17.8 Å². The van der Waals surface area contributed by atoms with Gasteiger partial charge < -0.3 is 15.0 Å². The molecule has 5 nitrogen and oxygen atoms in total. The molecule has 2 aromatic rings. The molecular weight excluding hydrogens is 451 g/mol. The lowest BCUT2D eigenvalue weighted by Gasteiger charge is -2.29. The monoisotopic (exact) mass is 478 g/mol. The van der Waals surface area contributed by atoms with Gasteiger partial charge >= 0.3 is 0 Å². The first kappa shape index (κ1) is 23.9. The molecule has 0 saturated heterocycles. The van der Waals surface area contributed by atoms with Gasteiger partial charge in [-0.2, -0.15) is 0 Å². The van der Waals surface area contributed by atoms with Crippen LogP contribution in [0, 0.1) is 18.7 Å². The fourth-order valence-corrected chi connectivity index (χ4v) is 3.03. The van der Waals surface area contributed by atoms with Crippen LogP contribution in [0.25, 0.3) is 0 Å². The lowest BCUT2D eigenvalue weighted by atomic mass is 10.1. The van der Waals surface area contributed by atoms with E-state index in [-0.39, 0.29) is 25.0 Å². The first-order valence-electron chi connectivity index (χ1n) is 9.88. The third kappa shape index (κ3) is 6.83. The number of hydrogen-bond donors (Lipinski definition) is 1. The molecule has 0 aliphatic carbocycles. The highest BCUT2D eigenvalue weighted by Gasteiger charge is 2.27. The molecule has 0 spiro atoms. The number of benzene rings is 2. The Morgan fingerprint density at radius 3 is 2.50 bits per heavy atom. The van der Waals surface area contributed by atoms with Crippen LogP contribution in [-0.4, -0.2) is 35.9 Å². The predicted molar refractivity (Wildman–Crippen MR) is 119 cm³/mol. The Kier molecular flexibility index (Phi) is 8.84. The lowest BCUT2D eigenvalue weighted by molar-refractivity contribution is -0.142. The van der Waals surface area contributed by atoms with Crippen molar-refractivity contribution in [2.45, 2.75) is 40.3 Å². The molecule has 0 aromatic heterocycles. The van der Waals surface area contributed by atoms with Crippen LogP contribution in [0.3, 0.4) is 0 Å². The third-order valence-corrected chi connectivity index (χ3v) is 5.53. The van der Waals surface area contributed by atoms with Crippen molar-refractivity contribution in [2.24, 2.45) is 5.92 Å². The van der Waals surface area contributed by atoms with Crippen molar-refractivity contribution in [1.82, 2.24) is 10.2 Å². The summed E-state index contributed by atoms with van der Waals surface area (Å²) in [5.74, 6) is -0.277. The zero-order valence-electron chi connectivity index (χ0n) is 17.7. The van der Waals surface area contributed by atoms with Gasteiger partial charge in [-0.15, -0.1) is 0 Å². The van der Waals surface area contributed by atoms with Gasteiger partial charge in [0.2, 0.25) is 5.91 Å². The Balaban J connectivity index is 2.16. The van der Waals surface area contributed by atoms with Crippen molar-refractivity contribution in [2.75, 3.05) is 13.2 Å². The van der Waals surface area contributed by atoms with Gasteiger partial charge in [0, 0.05) is 23.1 Å². The number of halogens is 2. The number of nitrogens with zero attached hydrogens (tertiary/aromatic N) is 1. The average molecular weight is 479 g/mol. The van der Waals surface area contributed by atoms with E-state index in [9.17, 15) is 14.0 Å². The molecule has 0 saturated carbocycles. The SMILES string of the molecule is Cc1cc(OCC(=O)N(Cc2ccccc2F)[C@@H](C)C(=O)NCC(C)C)ccc1Br. The van der Waals surface area contributed by atoms with Crippen molar-refractivity contribution in [3.63, 3.8) is 0 Å². The van der Waals surface area contributed by atoms with Crippen molar-refractivity contribution in [3.05, 3.63) is 63.9 Å². The molecule has 0 radical (unpaired) electrons. The fraction of sp³-hybridized carbons (Fsp3) is 0.391. The summed E-state index contributed by atoms with van der Waals surface area (Å²) in [5.41, 5.74) is 1.32. The number of nitrogens with one attached hydrogen (secondary N) is 1. The second kappa shape index (κ2) is 11.1. The minimum absolute atomic E-state index is 0.0233. The molecule has 0 heterocycles. The van der Waals surface area contributed by atoms with Crippen molar-refractivity contribution < 1.29 is 18.7 Å². The number of aryl methyl sites for hydroxylation is 1. The standard InChI is InChI=1S/C23H28BrFN2O3/c1-15(2)12-26-23(29)17(4)27(13-18-7-5-6-8-21(18)25)22(28)14-30-19-9-10-20(24)16(3)11-19/h5-11,15,17H,12-14H2,1-4H3,(H,26,29)/t17-/m0/s1. The molecule has 0 unspecified atom stereocenters. The first-order valence-corrected chi connectivity index (χ1v) is 10.7. The molecule has 1 atom stereocenters. The van der Waals surface area contributed by atoms with E-state index in [4.69, 9.17) is 4.74 Å². The largest absolute Gasteiger partial charge is 0.484 e. The summed E-state index contributed by atoms with van der Waals surface area (Å²) < 4.78 is 20.8. The smallest absolute Gasteiger partial charge is 0.261 e. The maximum absolute atomic E-state index is 14.2. The lowest BCUT2D eigenvalue weighted by Crippen LogP contribution is -2.49. The summed E-state index contributed by atoms with van der Waals surface area (Å²) in [4.78, 5) is 26.9. The minimum Gasteiger partial charge on any atom is -0.484 e. The van der Waals surface area contributed by atoms with E-state index >= 15 is 0 Å². The van der Waals surface area contributed by atoms with E-state index in [0.717, 1.165) is 10.0 Å². The van der Waals surface area contributed by atoms with Crippen LogP contribution in [0.15, 0.2) is 46.9 Å². The van der Waals surface area contributed by atoms with Crippen LogP contribution in [0.5, 0.6) is 5.75 Å². The Labute approximate surface area is 185 Å². The van der Waals surface area contributed by atoms with Gasteiger partial charge in [-0.25, -0.2) is 4.39 Å². The maximum atomic E-state index is 14.2. The first-order chi connectivity index (χ1) is 14.2. The highest BCUT2D eigenvalue weighted by atomic mass is 79.9. The van der Waals surface area contributed by atoms with Crippen LogP contribution < -0.4 is 10.1 Å². The van der Waals surface area contributed by atoms with E-state index in [0.29, 0.717) is 17.9 Å². The summed E-state index contributed by atoms with van der Waals surface area (Å²) >= 11 is 3.43. The van der Waals surface area contributed by atoms with Crippen molar-refractivity contribution in [1.29, 1.82) is 0 Å². The highest BCUT2D eigenvalue weighted by Crippen LogP contribution is 2.22. The number of carbonyl (C=O) groups is 2. The Bertz CT molecular complexity index is 889. The zero-order chi connectivity index (χ0) is 22.3. The topological polar surface area (TPSA) is 58.6 Å². The quantitative estimate of drug-likeness (QED) is 0.578. The average Bonchev–Trinajstić information content (AvgIpc) is 2.71. The fourth-order valence-electron chi connectivity index (χ4n) is 2.78. The summed E-state index contributed by atoms with van der Waals surface area (Å²) in [6.07, 6.45) is 0. The van der Waals surface area contributed by atoms with Crippen LogP contribution >= 0.6 is 15.9 Å². The molecule has 30 heavy (non-hydrogen) atoms. The molecule has 0 aliphatic heterocycles. The predicted octanol–water partition coefficient (Wildman–Crippen LogP) is 4.46. The normalized spacial score (nSPS) is 11.8. The second-order valence-electron chi connectivity index (χ2n) is 7.63. The molecule has 2 aromatic carbocycles. The molecule has 7 heteroatoms. The Morgan fingerprint density at radius 2 is 1.87 bits per heavy atom. The van der Waals surface area contributed by atoms with Gasteiger partial charge in [0.05, 0.1) is 0 Å². The maximum Gasteiger partial charge on any atom is 0.261 e. The molecule has 0 fully saturated rings. The number of carbonyl (C=O) groups excluding carboxylic acids is 2. The molecule has 1 N–H and O–H groups in total. The molecule has 0 bridgehead atoms. The van der Waals surface area contributed by atoms with E-state index in [1.165, 1.54) is 11.0 Å². The molecule has 162 valence electrons.